The summed E-state index contributed by atoms with van der Waals surface area (Å²) in [5.74, 6) is 1.69. The van der Waals surface area contributed by atoms with Gasteiger partial charge in [-0.1, -0.05) is 29.3 Å². The molecule has 0 unspecified atom stereocenters. The number of carbonyl (C=O) groups excluding carboxylic acids is 1. The molecule has 0 aromatic heterocycles. The first kappa shape index (κ1) is 23.2. The van der Waals surface area contributed by atoms with E-state index >= 15 is 0 Å². The third-order valence-corrected chi connectivity index (χ3v) is 5.79. The molecule has 2 N–H and O–H groups in total. The molecule has 33 heavy (non-hydrogen) atoms. The molecule has 0 saturated heterocycles. The average Bonchev–Trinajstić information content (AvgIpc) is 3.26. The third kappa shape index (κ3) is 6.31. The summed E-state index contributed by atoms with van der Waals surface area (Å²) in [5.41, 5.74) is 4.84. The van der Waals surface area contributed by atoms with Gasteiger partial charge in [0.05, 0.1) is 17.2 Å². The Morgan fingerprint density at radius 2 is 1.94 bits per heavy atom. The van der Waals surface area contributed by atoms with Crippen LogP contribution in [0.5, 0.6) is 17.2 Å². The zero-order chi connectivity index (χ0) is 23.2. The van der Waals surface area contributed by atoms with Gasteiger partial charge in [0.15, 0.2) is 11.5 Å². The molecular weight excluding hydrogens is 533 g/mol. The molecular formula is C23H18BrCl2N3O4. The van der Waals surface area contributed by atoms with Crippen molar-refractivity contribution in [1.29, 1.82) is 0 Å². The Labute approximate surface area is 208 Å². The smallest absolute Gasteiger partial charge is 0.259 e. The van der Waals surface area contributed by atoms with Crippen molar-refractivity contribution >= 4 is 56.9 Å². The standard InChI is InChI=1S/C23H18BrCl2N3O4/c24-18-7-14(1-5-20(18)31-12-15-2-3-16(25)8-19(15)26)10-28-29-23(30)11-27-17-4-6-21-22(9-17)33-13-32-21/h1-10,27H,11-13H2,(H,29,30)/b28-10-. The molecule has 3 aromatic rings. The molecule has 170 valence electrons. The van der Waals surface area contributed by atoms with E-state index < -0.39 is 0 Å². The topological polar surface area (TPSA) is 81.2 Å². The van der Waals surface area contributed by atoms with Crippen LogP contribution in [-0.2, 0) is 11.4 Å². The van der Waals surface area contributed by atoms with Crippen molar-refractivity contribution in [2.24, 2.45) is 5.10 Å². The molecule has 0 radical (unpaired) electrons. The largest absolute Gasteiger partial charge is 0.488 e. The Bertz CT molecular complexity index is 1210. The van der Waals surface area contributed by atoms with Gasteiger partial charge in [0.1, 0.15) is 12.4 Å². The predicted molar refractivity (Wildman–Crippen MR) is 132 cm³/mol. The van der Waals surface area contributed by atoms with E-state index in [-0.39, 0.29) is 19.2 Å². The van der Waals surface area contributed by atoms with Gasteiger partial charge in [0.25, 0.3) is 5.91 Å². The fraction of sp³-hybridized carbons (Fsp3) is 0.130. The minimum absolute atomic E-state index is 0.0563. The monoisotopic (exact) mass is 549 g/mol. The van der Waals surface area contributed by atoms with Crippen molar-refractivity contribution in [2.75, 3.05) is 18.7 Å². The number of nitrogens with zero attached hydrogens (tertiary/aromatic N) is 1. The minimum Gasteiger partial charge on any atom is -0.488 e. The van der Waals surface area contributed by atoms with Crippen LogP contribution < -0.4 is 25.0 Å². The number of amides is 1. The van der Waals surface area contributed by atoms with Crippen molar-refractivity contribution in [3.05, 3.63) is 80.2 Å². The van der Waals surface area contributed by atoms with Crippen molar-refractivity contribution in [2.45, 2.75) is 6.61 Å². The summed E-state index contributed by atoms with van der Waals surface area (Å²) >= 11 is 15.6. The zero-order valence-electron chi connectivity index (χ0n) is 17.1. The highest BCUT2D eigenvalue weighted by molar-refractivity contribution is 9.10. The molecule has 7 nitrogen and oxygen atoms in total. The molecule has 4 rings (SSSR count). The molecule has 0 fully saturated rings. The average molecular weight is 551 g/mol. The maximum Gasteiger partial charge on any atom is 0.259 e. The molecule has 1 heterocycles. The van der Waals surface area contributed by atoms with Gasteiger partial charge in [-0.15, -0.1) is 0 Å². The summed E-state index contributed by atoms with van der Waals surface area (Å²) in [6, 6.07) is 16.1. The Kier molecular flexibility index (Phi) is 7.59. The summed E-state index contributed by atoms with van der Waals surface area (Å²) in [4.78, 5) is 12.0. The summed E-state index contributed by atoms with van der Waals surface area (Å²) in [6.07, 6.45) is 1.54. The van der Waals surface area contributed by atoms with Crippen molar-refractivity contribution in [1.82, 2.24) is 5.43 Å². The Morgan fingerprint density at radius 3 is 2.76 bits per heavy atom. The van der Waals surface area contributed by atoms with E-state index in [0.717, 1.165) is 21.3 Å². The predicted octanol–water partition coefficient (Wildman–Crippen LogP) is 5.63. The van der Waals surface area contributed by atoms with E-state index in [4.69, 9.17) is 37.4 Å². The molecule has 1 aliphatic heterocycles. The quantitative estimate of drug-likeness (QED) is 0.281. The number of benzene rings is 3. The second-order valence-electron chi connectivity index (χ2n) is 6.93. The van der Waals surface area contributed by atoms with Gasteiger partial charge in [0, 0.05) is 27.4 Å². The number of fused-ring (bicyclic) bond motifs is 1. The van der Waals surface area contributed by atoms with Crippen LogP contribution >= 0.6 is 39.1 Å². The van der Waals surface area contributed by atoms with Gasteiger partial charge in [-0.2, -0.15) is 5.10 Å². The van der Waals surface area contributed by atoms with Crippen molar-refractivity contribution in [3.8, 4) is 17.2 Å². The molecule has 0 atom stereocenters. The molecule has 0 spiro atoms. The Balaban J connectivity index is 1.25. The first-order valence-electron chi connectivity index (χ1n) is 9.79. The SMILES string of the molecule is O=C(CNc1ccc2c(c1)OCO2)N/N=C\c1ccc(OCc2ccc(Cl)cc2Cl)c(Br)c1. The van der Waals surface area contributed by atoms with Crippen LogP contribution in [-0.4, -0.2) is 25.5 Å². The molecule has 1 amide bonds. The molecule has 3 aromatic carbocycles. The number of nitrogens with one attached hydrogen (secondary N) is 2. The van der Waals surface area contributed by atoms with Gasteiger partial charge >= 0.3 is 0 Å². The molecule has 10 heteroatoms. The number of anilines is 1. The third-order valence-electron chi connectivity index (χ3n) is 4.58. The molecule has 0 bridgehead atoms. The van der Waals surface area contributed by atoms with Crippen LogP contribution in [0, 0.1) is 0 Å². The van der Waals surface area contributed by atoms with Crippen LogP contribution in [0.1, 0.15) is 11.1 Å². The summed E-state index contributed by atoms with van der Waals surface area (Å²) < 4.78 is 17.2. The lowest BCUT2D eigenvalue weighted by Crippen LogP contribution is -2.25. The van der Waals surface area contributed by atoms with Crippen LogP contribution in [0.2, 0.25) is 10.0 Å². The molecule has 1 aliphatic rings. The summed E-state index contributed by atoms with van der Waals surface area (Å²) in [6.45, 7) is 0.559. The molecule has 0 saturated carbocycles. The second-order valence-corrected chi connectivity index (χ2v) is 8.63. The van der Waals surface area contributed by atoms with Crippen LogP contribution in [0.3, 0.4) is 0 Å². The highest BCUT2D eigenvalue weighted by Crippen LogP contribution is 2.34. The highest BCUT2D eigenvalue weighted by atomic mass is 79.9. The van der Waals surface area contributed by atoms with Gasteiger partial charge in [-0.25, -0.2) is 5.43 Å². The first-order valence-corrected chi connectivity index (χ1v) is 11.3. The van der Waals surface area contributed by atoms with Gasteiger partial charge in [-0.05, 0) is 64.0 Å². The number of rotatable bonds is 8. The number of ether oxygens (including phenoxy) is 3. The lowest BCUT2D eigenvalue weighted by Gasteiger charge is -2.10. The maximum atomic E-state index is 12.0. The van der Waals surface area contributed by atoms with E-state index in [2.05, 4.69) is 31.8 Å². The lowest BCUT2D eigenvalue weighted by molar-refractivity contribution is -0.119. The zero-order valence-corrected chi connectivity index (χ0v) is 20.2. The number of hydrazone groups is 1. The second kappa shape index (κ2) is 10.8. The number of carbonyl (C=O) groups is 1. The van der Waals surface area contributed by atoms with E-state index in [0.29, 0.717) is 33.9 Å². The van der Waals surface area contributed by atoms with Crippen LogP contribution in [0.4, 0.5) is 5.69 Å². The van der Waals surface area contributed by atoms with Crippen molar-refractivity contribution < 1.29 is 19.0 Å². The molecule has 0 aliphatic carbocycles. The summed E-state index contributed by atoms with van der Waals surface area (Å²) in [5, 5.41) is 8.13. The van der Waals surface area contributed by atoms with E-state index in [9.17, 15) is 4.79 Å². The minimum atomic E-state index is -0.289. The Morgan fingerprint density at radius 1 is 1.09 bits per heavy atom. The van der Waals surface area contributed by atoms with E-state index in [1.165, 1.54) is 0 Å². The number of halogens is 3. The van der Waals surface area contributed by atoms with E-state index in [1.807, 2.05) is 24.3 Å². The fourth-order valence-corrected chi connectivity index (χ4v) is 3.89. The van der Waals surface area contributed by atoms with Gasteiger partial charge in [0.2, 0.25) is 6.79 Å². The van der Waals surface area contributed by atoms with Gasteiger partial charge in [-0.3, -0.25) is 4.79 Å². The van der Waals surface area contributed by atoms with Crippen molar-refractivity contribution in [3.63, 3.8) is 0 Å². The highest BCUT2D eigenvalue weighted by Gasteiger charge is 2.13. The number of hydrogen-bond donors (Lipinski definition) is 2. The normalized spacial score (nSPS) is 12.1. The van der Waals surface area contributed by atoms with E-state index in [1.54, 1.807) is 36.5 Å². The Hall–Kier alpha value is -2.94. The van der Waals surface area contributed by atoms with Crippen LogP contribution in [0.25, 0.3) is 0 Å². The van der Waals surface area contributed by atoms with Crippen LogP contribution in [0.15, 0.2) is 64.2 Å². The maximum absolute atomic E-state index is 12.0. The lowest BCUT2D eigenvalue weighted by atomic mass is 10.2. The van der Waals surface area contributed by atoms with Gasteiger partial charge < -0.3 is 19.5 Å². The number of hydrogen-bond acceptors (Lipinski definition) is 6. The first-order chi connectivity index (χ1) is 16.0. The summed E-state index contributed by atoms with van der Waals surface area (Å²) in [7, 11) is 0. The fourth-order valence-electron chi connectivity index (χ4n) is 2.92.